The number of hydrogen-bond acceptors (Lipinski definition) is 3. The molecule has 0 heterocycles. The summed E-state index contributed by atoms with van der Waals surface area (Å²) in [6, 6.07) is 0. The molecule has 0 aromatic heterocycles. The van der Waals surface area contributed by atoms with Crippen LogP contribution < -0.4 is 5.73 Å². The molecule has 56 valence electrons. The number of nitrogens with two attached hydrogens (primary N) is 1. The molecule has 1 unspecified atom stereocenters. The highest BCUT2D eigenvalue weighted by atomic mass is 16.5. The van der Waals surface area contributed by atoms with Crippen LogP contribution in [0.1, 0.15) is 13.3 Å². The molecule has 1 atom stereocenters. The van der Waals surface area contributed by atoms with Gasteiger partial charge in [-0.25, -0.2) is 0 Å². The molecule has 0 aliphatic rings. The molecule has 0 aromatic carbocycles. The lowest BCUT2D eigenvalue weighted by molar-refractivity contribution is 0.0193. The van der Waals surface area contributed by atoms with E-state index in [-0.39, 0.29) is 12.7 Å². The van der Waals surface area contributed by atoms with Crippen molar-refractivity contribution in [2.75, 3.05) is 19.8 Å². The number of rotatable bonds is 5. The monoisotopic (exact) mass is 133 g/mol. The van der Waals surface area contributed by atoms with E-state index in [1.54, 1.807) is 0 Å². The summed E-state index contributed by atoms with van der Waals surface area (Å²) in [5, 5.41) is 8.55. The molecule has 0 aliphatic heterocycles. The fourth-order valence-corrected chi connectivity index (χ4v) is 0.480. The molecule has 3 nitrogen and oxygen atoms in total. The van der Waals surface area contributed by atoms with Crippen LogP contribution in [0, 0.1) is 0 Å². The molecule has 9 heavy (non-hydrogen) atoms. The molecular weight excluding hydrogens is 118 g/mol. The van der Waals surface area contributed by atoms with Gasteiger partial charge in [0.15, 0.2) is 0 Å². The molecule has 0 saturated heterocycles. The van der Waals surface area contributed by atoms with E-state index in [0.717, 1.165) is 6.42 Å². The van der Waals surface area contributed by atoms with E-state index in [4.69, 9.17) is 15.6 Å². The standard InChI is InChI=1S/C6H15NO2/c1-2-3-9-6(4-7)5-8/h6,8H,2-5,7H2,1H3. The molecule has 0 aliphatic carbocycles. The minimum atomic E-state index is -0.162. The second kappa shape index (κ2) is 6.01. The Morgan fingerprint density at radius 1 is 1.67 bits per heavy atom. The van der Waals surface area contributed by atoms with Gasteiger partial charge < -0.3 is 15.6 Å². The zero-order valence-corrected chi connectivity index (χ0v) is 5.84. The Morgan fingerprint density at radius 3 is 2.67 bits per heavy atom. The second-order valence-corrected chi connectivity index (χ2v) is 1.91. The number of aliphatic hydroxyl groups excluding tert-OH is 1. The van der Waals surface area contributed by atoms with Crippen molar-refractivity contribution in [3.63, 3.8) is 0 Å². The van der Waals surface area contributed by atoms with Crippen molar-refractivity contribution in [2.24, 2.45) is 5.73 Å². The zero-order valence-electron chi connectivity index (χ0n) is 5.84. The van der Waals surface area contributed by atoms with Gasteiger partial charge in [-0.2, -0.15) is 0 Å². The van der Waals surface area contributed by atoms with E-state index in [0.29, 0.717) is 13.2 Å². The largest absolute Gasteiger partial charge is 0.394 e. The average Bonchev–Trinajstić information content (AvgIpc) is 1.91. The first-order chi connectivity index (χ1) is 4.35. The number of hydrogen-bond donors (Lipinski definition) is 2. The minimum absolute atomic E-state index is 0.0243. The molecular formula is C6H15NO2. The van der Waals surface area contributed by atoms with Gasteiger partial charge in [0.1, 0.15) is 0 Å². The first-order valence-electron chi connectivity index (χ1n) is 3.27. The van der Waals surface area contributed by atoms with Gasteiger partial charge in [-0.1, -0.05) is 6.92 Å². The van der Waals surface area contributed by atoms with Gasteiger partial charge in [0.2, 0.25) is 0 Å². The van der Waals surface area contributed by atoms with Crippen LogP contribution in [0.2, 0.25) is 0 Å². The second-order valence-electron chi connectivity index (χ2n) is 1.91. The van der Waals surface area contributed by atoms with Gasteiger partial charge in [-0.05, 0) is 6.42 Å². The maximum Gasteiger partial charge on any atom is 0.0927 e. The number of aliphatic hydroxyl groups is 1. The lowest BCUT2D eigenvalue weighted by Gasteiger charge is -2.10. The van der Waals surface area contributed by atoms with Crippen LogP contribution in [0.15, 0.2) is 0 Å². The van der Waals surface area contributed by atoms with Crippen LogP contribution >= 0.6 is 0 Å². The highest BCUT2D eigenvalue weighted by Gasteiger charge is 2.01. The molecule has 3 N–H and O–H groups in total. The first kappa shape index (κ1) is 8.88. The Morgan fingerprint density at radius 2 is 2.33 bits per heavy atom. The first-order valence-corrected chi connectivity index (χ1v) is 3.27. The summed E-state index contributed by atoms with van der Waals surface area (Å²) in [7, 11) is 0. The molecule has 0 saturated carbocycles. The van der Waals surface area contributed by atoms with Gasteiger partial charge >= 0.3 is 0 Å². The number of ether oxygens (including phenoxy) is 1. The van der Waals surface area contributed by atoms with Gasteiger partial charge in [0.25, 0.3) is 0 Å². The predicted molar refractivity (Wildman–Crippen MR) is 36.2 cm³/mol. The van der Waals surface area contributed by atoms with Crippen LogP contribution in [0.3, 0.4) is 0 Å². The minimum Gasteiger partial charge on any atom is -0.394 e. The third kappa shape index (κ3) is 4.39. The molecule has 0 aromatic rings. The normalized spacial score (nSPS) is 13.7. The van der Waals surface area contributed by atoms with Gasteiger partial charge in [0, 0.05) is 13.2 Å². The van der Waals surface area contributed by atoms with Crippen LogP contribution in [0.25, 0.3) is 0 Å². The van der Waals surface area contributed by atoms with Crippen molar-refractivity contribution in [2.45, 2.75) is 19.4 Å². The van der Waals surface area contributed by atoms with Gasteiger partial charge in [0.05, 0.1) is 12.7 Å². The van der Waals surface area contributed by atoms with E-state index in [9.17, 15) is 0 Å². The van der Waals surface area contributed by atoms with Crippen molar-refractivity contribution in [3.05, 3.63) is 0 Å². The highest BCUT2D eigenvalue weighted by molar-refractivity contribution is 4.54. The highest BCUT2D eigenvalue weighted by Crippen LogP contribution is 1.88. The van der Waals surface area contributed by atoms with E-state index in [1.165, 1.54) is 0 Å². The Bertz CT molecular complexity index is 55.0. The fourth-order valence-electron chi connectivity index (χ4n) is 0.480. The third-order valence-corrected chi connectivity index (χ3v) is 1.02. The summed E-state index contributed by atoms with van der Waals surface area (Å²) in [5.74, 6) is 0. The quantitative estimate of drug-likeness (QED) is 0.543. The summed E-state index contributed by atoms with van der Waals surface area (Å²) in [4.78, 5) is 0. The van der Waals surface area contributed by atoms with Crippen LogP contribution in [-0.2, 0) is 4.74 Å². The molecule has 0 rings (SSSR count). The molecule has 3 heteroatoms. The summed E-state index contributed by atoms with van der Waals surface area (Å²) in [6.45, 7) is 3.13. The topological polar surface area (TPSA) is 55.5 Å². The van der Waals surface area contributed by atoms with E-state index in [1.807, 2.05) is 6.92 Å². The van der Waals surface area contributed by atoms with Crippen LogP contribution in [-0.4, -0.2) is 31.0 Å². The molecule has 0 amide bonds. The molecule has 0 fully saturated rings. The van der Waals surface area contributed by atoms with Crippen molar-refractivity contribution >= 4 is 0 Å². The Balaban J connectivity index is 3.09. The molecule has 0 radical (unpaired) electrons. The van der Waals surface area contributed by atoms with Crippen LogP contribution in [0.5, 0.6) is 0 Å². The van der Waals surface area contributed by atoms with E-state index >= 15 is 0 Å². The summed E-state index contributed by atoms with van der Waals surface area (Å²) < 4.78 is 5.11. The van der Waals surface area contributed by atoms with Gasteiger partial charge in [-0.15, -0.1) is 0 Å². The lowest BCUT2D eigenvalue weighted by atomic mass is 10.4. The van der Waals surface area contributed by atoms with Crippen molar-refractivity contribution in [3.8, 4) is 0 Å². The van der Waals surface area contributed by atoms with E-state index in [2.05, 4.69) is 0 Å². The Kier molecular flexibility index (Phi) is 5.93. The van der Waals surface area contributed by atoms with Crippen molar-refractivity contribution < 1.29 is 9.84 Å². The fraction of sp³-hybridized carbons (Fsp3) is 1.00. The zero-order chi connectivity index (χ0) is 7.11. The van der Waals surface area contributed by atoms with Gasteiger partial charge in [-0.3, -0.25) is 0 Å². The lowest BCUT2D eigenvalue weighted by Crippen LogP contribution is -2.27. The maximum atomic E-state index is 8.55. The summed E-state index contributed by atoms with van der Waals surface area (Å²) in [6.07, 6.45) is 0.807. The SMILES string of the molecule is CCCOC(CN)CO. The molecule has 0 spiro atoms. The third-order valence-electron chi connectivity index (χ3n) is 1.02. The maximum absolute atomic E-state index is 8.55. The average molecular weight is 133 g/mol. The van der Waals surface area contributed by atoms with Crippen molar-refractivity contribution in [1.29, 1.82) is 0 Å². The van der Waals surface area contributed by atoms with E-state index < -0.39 is 0 Å². The Labute approximate surface area is 55.8 Å². The summed E-state index contributed by atoms with van der Waals surface area (Å²) in [5.41, 5.74) is 5.24. The predicted octanol–water partition coefficient (Wildman–Crippen LogP) is -0.267. The summed E-state index contributed by atoms with van der Waals surface area (Å²) >= 11 is 0. The van der Waals surface area contributed by atoms with Crippen LogP contribution in [0.4, 0.5) is 0 Å². The molecule has 0 bridgehead atoms. The smallest absolute Gasteiger partial charge is 0.0927 e. The Hall–Kier alpha value is -0.120. The van der Waals surface area contributed by atoms with Crippen molar-refractivity contribution in [1.82, 2.24) is 0 Å².